The lowest BCUT2D eigenvalue weighted by atomic mass is 10.0. The molecule has 2 aromatic carbocycles. The van der Waals surface area contributed by atoms with Gasteiger partial charge in [0.1, 0.15) is 17.7 Å². The second-order valence-corrected chi connectivity index (χ2v) is 8.52. The van der Waals surface area contributed by atoms with Gasteiger partial charge in [-0.25, -0.2) is 8.78 Å². The number of amides is 1. The van der Waals surface area contributed by atoms with Crippen molar-refractivity contribution in [1.29, 1.82) is 0 Å². The Bertz CT molecular complexity index is 1070. The fraction of sp³-hybridized carbons (Fsp3) is 0.391. The molecule has 1 aliphatic rings. The summed E-state index contributed by atoms with van der Waals surface area (Å²) >= 11 is 1.61. The van der Waals surface area contributed by atoms with Crippen molar-refractivity contribution in [3.05, 3.63) is 54.2 Å². The summed E-state index contributed by atoms with van der Waals surface area (Å²) in [5, 5.41) is 5.17. The standard InChI is InChI=1S/C23H26F2N4OS/c1-15(23(30)28-12-5-7-17(11-13-28)27-31-2)29-22-16(14-26-29)6-3-8-18(22)21-19(24)9-4-10-20(21)25/h3-4,6,8-10,14-15,17,27H,5,7,11-13H2,1-2H3/t15?,17-/m0/s1. The van der Waals surface area contributed by atoms with Crippen LogP contribution in [0.5, 0.6) is 0 Å². The zero-order valence-electron chi connectivity index (χ0n) is 17.6. The Balaban J connectivity index is 1.68. The van der Waals surface area contributed by atoms with Gasteiger partial charge in [-0.15, -0.1) is 0 Å². The van der Waals surface area contributed by atoms with Crippen molar-refractivity contribution in [1.82, 2.24) is 19.4 Å². The fourth-order valence-corrected chi connectivity index (χ4v) is 4.89. The maximum Gasteiger partial charge on any atom is 0.247 e. The van der Waals surface area contributed by atoms with Gasteiger partial charge < -0.3 is 4.90 Å². The second-order valence-electron chi connectivity index (χ2n) is 7.88. The van der Waals surface area contributed by atoms with Crippen molar-refractivity contribution in [2.75, 3.05) is 19.3 Å². The van der Waals surface area contributed by atoms with Crippen LogP contribution in [-0.2, 0) is 4.79 Å². The third-order valence-corrected chi connectivity index (χ3v) is 6.47. The van der Waals surface area contributed by atoms with Gasteiger partial charge in [0.25, 0.3) is 0 Å². The number of hydrogen-bond donors (Lipinski definition) is 1. The van der Waals surface area contributed by atoms with Crippen LogP contribution in [0.1, 0.15) is 32.2 Å². The molecule has 0 aliphatic carbocycles. The highest BCUT2D eigenvalue weighted by atomic mass is 32.2. The SMILES string of the molecule is CSN[C@H]1CCCN(C(=O)C(C)n2ncc3cccc(-c4c(F)cccc4F)c32)CC1. The van der Waals surface area contributed by atoms with E-state index in [2.05, 4.69) is 9.82 Å². The number of likely N-dealkylation sites (tertiary alicyclic amines) is 1. The molecule has 164 valence electrons. The summed E-state index contributed by atoms with van der Waals surface area (Å²) in [5.74, 6) is -1.31. The topological polar surface area (TPSA) is 50.2 Å². The van der Waals surface area contributed by atoms with Crippen LogP contribution in [0.25, 0.3) is 22.0 Å². The molecule has 3 aromatic rings. The van der Waals surface area contributed by atoms with Crippen molar-refractivity contribution >= 4 is 28.8 Å². The van der Waals surface area contributed by atoms with Gasteiger partial charge in [-0.1, -0.05) is 36.2 Å². The lowest BCUT2D eigenvalue weighted by Crippen LogP contribution is -2.37. The summed E-state index contributed by atoms with van der Waals surface area (Å²) in [6.07, 6.45) is 6.50. The van der Waals surface area contributed by atoms with E-state index in [0.717, 1.165) is 24.6 Å². The van der Waals surface area contributed by atoms with E-state index in [9.17, 15) is 13.6 Å². The van der Waals surface area contributed by atoms with Gasteiger partial charge in [0.05, 0.1) is 17.3 Å². The molecule has 4 rings (SSSR count). The predicted octanol–water partition coefficient (Wildman–Crippen LogP) is 4.79. The Morgan fingerprint density at radius 1 is 1.16 bits per heavy atom. The average Bonchev–Trinajstić information content (AvgIpc) is 3.06. The zero-order valence-corrected chi connectivity index (χ0v) is 18.5. The second kappa shape index (κ2) is 9.36. The minimum Gasteiger partial charge on any atom is -0.341 e. The van der Waals surface area contributed by atoms with E-state index in [-0.39, 0.29) is 11.5 Å². The highest BCUT2D eigenvalue weighted by molar-refractivity contribution is 7.96. The molecule has 2 heterocycles. The van der Waals surface area contributed by atoms with Gasteiger partial charge in [0.15, 0.2) is 0 Å². The molecule has 1 amide bonds. The van der Waals surface area contributed by atoms with Crippen molar-refractivity contribution in [2.45, 2.75) is 38.3 Å². The molecule has 5 nitrogen and oxygen atoms in total. The van der Waals surface area contributed by atoms with E-state index in [0.29, 0.717) is 30.2 Å². The predicted molar refractivity (Wildman–Crippen MR) is 121 cm³/mol. The lowest BCUT2D eigenvalue weighted by molar-refractivity contribution is -0.134. The number of benzene rings is 2. The summed E-state index contributed by atoms with van der Waals surface area (Å²) in [6, 6.07) is 8.88. The van der Waals surface area contributed by atoms with Crippen LogP contribution < -0.4 is 4.72 Å². The largest absolute Gasteiger partial charge is 0.341 e. The minimum atomic E-state index is -0.640. The molecule has 1 saturated heterocycles. The van der Waals surface area contributed by atoms with Crippen molar-refractivity contribution in [2.24, 2.45) is 0 Å². The molecule has 2 atom stereocenters. The highest BCUT2D eigenvalue weighted by Crippen LogP contribution is 2.34. The van der Waals surface area contributed by atoms with E-state index in [1.807, 2.05) is 17.2 Å². The van der Waals surface area contributed by atoms with Crippen LogP contribution in [-0.4, -0.2) is 46.0 Å². The highest BCUT2D eigenvalue weighted by Gasteiger charge is 2.27. The number of nitrogens with one attached hydrogen (secondary N) is 1. The molecule has 1 unspecified atom stereocenters. The number of rotatable bonds is 5. The first kappa shape index (κ1) is 21.8. The fourth-order valence-electron chi connectivity index (χ4n) is 4.32. The molecule has 0 saturated carbocycles. The number of para-hydroxylation sites is 1. The van der Waals surface area contributed by atoms with E-state index in [1.54, 1.807) is 41.9 Å². The molecule has 1 aliphatic heterocycles. The van der Waals surface area contributed by atoms with E-state index in [4.69, 9.17) is 0 Å². The van der Waals surface area contributed by atoms with Gasteiger partial charge in [-0.05, 0) is 44.6 Å². The Hall–Kier alpha value is -2.45. The number of carbonyl (C=O) groups is 1. The molecular formula is C23H26F2N4OS. The first-order chi connectivity index (χ1) is 15.0. The number of nitrogens with zero attached hydrogens (tertiary/aromatic N) is 3. The summed E-state index contributed by atoms with van der Waals surface area (Å²) in [7, 11) is 0. The van der Waals surface area contributed by atoms with E-state index < -0.39 is 17.7 Å². The third-order valence-electron chi connectivity index (χ3n) is 5.90. The van der Waals surface area contributed by atoms with Gasteiger partial charge in [0.2, 0.25) is 5.91 Å². The maximum absolute atomic E-state index is 14.5. The van der Waals surface area contributed by atoms with Gasteiger partial charge in [-0.3, -0.25) is 14.2 Å². The summed E-state index contributed by atoms with van der Waals surface area (Å²) < 4.78 is 34.1. The van der Waals surface area contributed by atoms with Crippen molar-refractivity contribution < 1.29 is 13.6 Å². The number of halogens is 2. The van der Waals surface area contributed by atoms with Crippen molar-refractivity contribution in [3.8, 4) is 11.1 Å². The van der Waals surface area contributed by atoms with Crippen LogP contribution in [0.15, 0.2) is 42.6 Å². The lowest BCUT2D eigenvalue weighted by Gasteiger charge is -2.25. The molecule has 31 heavy (non-hydrogen) atoms. The van der Waals surface area contributed by atoms with Gasteiger partial charge in [-0.2, -0.15) is 5.10 Å². The molecule has 1 fully saturated rings. The van der Waals surface area contributed by atoms with Crippen LogP contribution in [0.4, 0.5) is 8.78 Å². The molecule has 0 spiro atoms. The number of fused-ring (bicyclic) bond motifs is 1. The molecule has 0 bridgehead atoms. The number of hydrogen-bond acceptors (Lipinski definition) is 4. The smallest absolute Gasteiger partial charge is 0.247 e. The van der Waals surface area contributed by atoms with E-state index >= 15 is 0 Å². The Morgan fingerprint density at radius 3 is 2.65 bits per heavy atom. The molecular weight excluding hydrogens is 418 g/mol. The maximum atomic E-state index is 14.5. The van der Waals surface area contributed by atoms with Crippen LogP contribution in [0.2, 0.25) is 0 Å². The number of aromatic nitrogens is 2. The molecule has 0 radical (unpaired) electrons. The quantitative estimate of drug-likeness (QED) is 0.575. The summed E-state index contributed by atoms with van der Waals surface area (Å²) in [6.45, 7) is 3.17. The Morgan fingerprint density at radius 2 is 1.90 bits per heavy atom. The normalized spacial score (nSPS) is 18.2. The van der Waals surface area contributed by atoms with E-state index in [1.165, 1.54) is 18.2 Å². The Kier molecular flexibility index (Phi) is 6.57. The monoisotopic (exact) mass is 444 g/mol. The van der Waals surface area contributed by atoms with Gasteiger partial charge >= 0.3 is 0 Å². The number of carbonyl (C=O) groups excluding carboxylic acids is 1. The van der Waals surface area contributed by atoms with Crippen LogP contribution >= 0.6 is 11.9 Å². The summed E-state index contributed by atoms with van der Waals surface area (Å²) in [4.78, 5) is 15.2. The third kappa shape index (κ3) is 4.32. The summed E-state index contributed by atoms with van der Waals surface area (Å²) in [5.41, 5.74) is 0.852. The first-order valence-electron chi connectivity index (χ1n) is 10.5. The molecule has 8 heteroatoms. The van der Waals surface area contributed by atoms with Crippen molar-refractivity contribution in [3.63, 3.8) is 0 Å². The first-order valence-corrected chi connectivity index (χ1v) is 11.7. The van der Waals surface area contributed by atoms with Crippen LogP contribution in [0.3, 0.4) is 0 Å². The Labute approximate surface area is 184 Å². The average molecular weight is 445 g/mol. The molecule has 1 N–H and O–H groups in total. The van der Waals surface area contributed by atoms with Crippen LogP contribution in [0, 0.1) is 11.6 Å². The van der Waals surface area contributed by atoms with Gasteiger partial charge in [0, 0.05) is 30.1 Å². The zero-order chi connectivity index (χ0) is 22.0. The minimum absolute atomic E-state index is 0.0291. The molecule has 1 aromatic heterocycles.